The number of aromatic nitrogens is 1. The predicted molar refractivity (Wildman–Crippen MR) is 102 cm³/mol. The van der Waals surface area contributed by atoms with Crippen LogP contribution in [-0.4, -0.2) is 36.1 Å². The zero-order valence-corrected chi connectivity index (χ0v) is 15.9. The molecule has 0 aliphatic carbocycles. The van der Waals surface area contributed by atoms with Gasteiger partial charge in [-0.2, -0.15) is 11.3 Å². The van der Waals surface area contributed by atoms with E-state index in [9.17, 15) is 0 Å². The minimum absolute atomic E-state index is 0. The number of halogens is 1. The molecule has 0 atom stereocenters. The van der Waals surface area contributed by atoms with Gasteiger partial charge in [0, 0.05) is 39.6 Å². The molecule has 116 valence electrons. The first-order valence-electron chi connectivity index (χ1n) is 6.73. The Balaban J connectivity index is 0.00000220. The molecule has 6 heteroatoms. The normalized spacial score (nSPS) is 11.1. The van der Waals surface area contributed by atoms with E-state index in [-0.39, 0.29) is 24.0 Å². The number of thiophene rings is 1. The van der Waals surface area contributed by atoms with Crippen molar-refractivity contribution in [3.05, 3.63) is 46.4 Å². The minimum atomic E-state index is 0. The van der Waals surface area contributed by atoms with Gasteiger partial charge in [-0.05, 0) is 40.9 Å². The lowest BCUT2D eigenvalue weighted by Crippen LogP contribution is -2.39. The molecule has 0 fully saturated rings. The number of aryl methyl sites for hydroxylation is 1. The molecule has 0 saturated carbocycles. The van der Waals surface area contributed by atoms with Crippen LogP contribution in [0.2, 0.25) is 0 Å². The molecule has 2 aromatic rings. The van der Waals surface area contributed by atoms with Crippen LogP contribution in [0.4, 0.5) is 0 Å². The van der Waals surface area contributed by atoms with Gasteiger partial charge in [0.1, 0.15) is 0 Å². The van der Waals surface area contributed by atoms with Gasteiger partial charge in [-0.3, -0.25) is 4.99 Å². The summed E-state index contributed by atoms with van der Waals surface area (Å²) in [5.41, 5.74) is 2.65. The quantitative estimate of drug-likeness (QED) is 0.460. The van der Waals surface area contributed by atoms with E-state index in [1.54, 1.807) is 11.3 Å². The molecule has 1 N–H and O–H groups in total. The van der Waals surface area contributed by atoms with E-state index in [1.807, 2.05) is 7.05 Å². The third kappa shape index (κ3) is 5.35. The number of rotatable bonds is 5. The van der Waals surface area contributed by atoms with Crippen molar-refractivity contribution >= 4 is 41.3 Å². The second-order valence-electron chi connectivity index (χ2n) is 4.82. The van der Waals surface area contributed by atoms with Crippen molar-refractivity contribution in [2.45, 2.75) is 13.0 Å². The number of hydrogen-bond acceptors (Lipinski definition) is 2. The molecule has 0 spiro atoms. The first-order chi connectivity index (χ1) is 9.70. The van der Waals surface area contributed by atoms with E-state index in [0.29, 0.717) is 0 Å². The maximum atomic E-state index is 4.34. The molecule has 0 unspecified atom stereocenters. The highest BCUT2D eigenvalue weighted by Crippen LogP contribution is 2.06. The van der Waals surface area contributed by atoms with E-state index in [0.717, 1.165) is 25.5 Å². The molecule has 21 heavy (non-hydrogen) atoms. The van der Waals surface area contributed by atoms with Crippen molar-refractivity contribution in [3.63, 3.8) is 0 Å². The van der Waals surface area contributed by atoms with Crippen LogP contribution in [0.25, 0.3) is 0 Å². The molecule has 0 aliphatic heterocycles. The van der Waals surface area contributed by atoms with Crippen LogP contribution in [-0.2, 0) is 20.0 Å². The van der Waals surface area contributed by atoms with Gasteiger partial charge in [0.05, 0.1) is 6.54 Å². The Labute approximate surface area is 147 Å². The molecule has 0 bridgehead atoms. The maximum Gasteiger partial charge on any atom is 0.193 e. The summed E-state index contributed by atoms with van der Waals surface area (Å²) in [5.74, 6) is 0.932. The van der Waals surface area contributed by atoms with E-state index < -0.39 is 0 Å². The maximum absolute atomic E-state index is 4.34. The summed E-state index contributed by atoms with van der Waals surface area (Å²) in [5, 5.41) is 7.72. The molecule has 0 aliphatic rings. The standard InChI is InChI=1S/C15H22N4S.HI/c1-16-15(17-8-6-13-7-10-20-12-13)19(3)11-14-5-4-9-18(14)2;/h4-5,7,9-10,12H,6,8,11H2,1-3H3,(H,16,17);1H. The zero-order chi connectivity index (χ0) is 14.4. The van der Waals surface area contributed by atoms with Gasteiger partial charge in [0.25, 0.3) is 0 Å². The summed E-state index contributed by atoms with van der Waals surface area (Å²) in [6, 6.07) is 6.37. The van der Waals surface area contributed by atoms with Crippen molar-refractivity contribution in [2.24, 2.45) is 12.0 Å². The largest absolute Gasteiger partial charge is 0.356 e. The molecule has 0 amide bonds. The lowest BCUT2D eigenvalue weighted by molar-refractivity contribution is 0.462. The van der Waals surface area contributed by atoms with Crippen LogP contribution in [0.15, 0.2) is 40.1 Å². The Kier molecular flexibility index (Phi) is 7.81. The smallest absolute Gasteiger partial charge is 0.193 e. The first-order valence-corrected chi connectivity index (χ1v) is 7.68. The molecule has 2 aromatic heterocycles. The highest BCUT2D eigenvalue weighted by Gasteiger charge is 2.07. The lowest BCUT2D eigenvalue weighted by atomic mass is 10.2. The highest BCUT2D eigenvalue weighted by molar-refractivity contribution is 14.0. The topological polar surface area (TPSA) is 32.6 Å². The van der Waals surface area contributed by atoms with Gasteiger partial charge >= 0.3 is 0 Å². The summed E-state index contributed by atoms with van der Waals surface area (Å²) in [6.07, 6.45) is 3.09. The number of hydrogen-bond donors (Lipinski definition) is 1. The van der Waals surface area contributed by atoms with Crippen molar-refractivity contribution in [1.29, 1.82) is 0 Å². The van der Waals surface area contributed by atoms with Gasteiger partial charge in [-0.15, -0.1) is 24.0 Å². The minimum Gasteiger partial charge on any atom is -0.356 e. The van der Waals surface area contributed by atoms with Gasteiger partial charge in [0.2, 0.25) is 0 Å². The van der Waals surface area contributed by atoms with E-state index >= 15 is 0 Å². The van der Waals surface area contributed by atoms with Crippen LogP contribution in [0, 0.1) is 0 Å². The van der Waals surface area contributed by atoms with Crippen LogP contribution in [0.5, 0.6) is 0 Å². The van der Waals surface area contributed by atoms with Gasteiger partial charge < -0.3 is 14.8 Å². The summed E-state index contributed by atoms with van der Waals surface area (Å²) in [7, 11) is 5.96. The first kappa shape index (κ1) is 18.0. The molecule has 2 rings (SSSR count). The van der Waals surface area contributed by atoms with E-state index in [1.165, 1.54) is 11.3 Å². The summed E-state index contributed by atoms with van der Waals surface area (Å²) in [6.45, 7) is 1.75. The summed E-state index contributed by atoms with van der Waals surface area (Å²) >= 11 is 1.74. The van der Waals surface area contributed by atoms with Crippen LogP contribution < -0.4 is 5.32 Å². The third-order valence-electron chi connectivity index (χ3n) is 3.30. The third-order valence-corrected chi connectivity index (χ3v) is 4.03. The SMILES string of the molecule is CN=C(NCCc1ccsc1)N(C)Cc1cccn1C.I. The lowest BCUT2D eigenvalue weighted by Gasteiger charge is -2.22. The van der Waals surface area contributed by atoms with Gasteiger partial charge in [0.15, 0.2) is 5.96 Å². The second-order valence-corrected chi connectivity index (χ2v) is 5.60. The molecule has 0 radical (unpaired) electrons. The Bertz CT molecular complexity index is 548. The van der Waals surface area contributed by atoms with Crippen molar-refractivity contribution in [3.8, 4) is 0 Å². The van der Waals surface area contributed by atoms with Gasteiger partial charge in [-0.25, -0.2) is 0 Å². The number of guanidine groups is 1. The number of nitrogens with one attached hydrogen (secondary N) is 1. The molecule has 0 aromatic carbocycles. The average molecular weight is 418 g/mol. The average Bonchev–Trinajstić information content (AvgIpc) is 3.07. The second kappa shape index (κ2) is 9.09. The van der Waals surface area contributed by atoms with E-state index in [2.05, 4.69) is 69.0 Å². The Morgan fingerprint density at radius 3 is 2.81 bits per heavy atom. The van der Waals surface area contributed by atoms with Crippen molar-refractivity contribution in [1.82, 2.24) is 14.8 Å². The number of aliphatic imine (C=N–C) groups is 1. The molecule has 0 saturated heterocycles. The monoisotopic (exact) mass is 418 g/mol. The predicted octanol–water partition coefficient (Wildman–Crippen LogP) is 2.95. The van der Waals surface area contributed by atoms with Crippen LogP contribution in [0.1, 0.15) is 11.3 Å². The molecular formula is C15H23IN4S. The fourth-order valence-corrected chi connectivity index (χ4v) is 2.82. The van der Waals surface area contributed by atoms with Crippen molar-refractivity contribution in [2.75, 3.05) is 20.6 Å². The Morgan fingerprint density at radius 2 is 2.24 bits per heavy atom. The number of nitrogens with zero attached hydrogens (tertiary/aromatic N) is 3. The van der Waals surface area contributed by atoms with E-state index in [4.69, 9.17) is 0 Å². The molecule has 4 nitrogen and oxygen atoms in total. The fourth-order valence-electron chi connectivity index (χ4n) is 2.12. The van der Waals surface area contributed by atoms with Crippen LogP contribution >= 0.6 is 35.3 Å². The fraction of sp³-hybridized carbons (Fsp3) is 0.400. The Hall–Kier alpha value is -1.02. The summed E-state index contributed by atoms with van der Waals surface area (Å²) < 4.78 is 2.13. The molecule has 2 heterocycles. The van der Waals surface area contributed by atoms with Crippen molar-refractivity contribution < 1.29 is 0 Å². The van der Waals surface area contributed by atoms with Crippen LogP contribution in [0.3, 0.4) is 0 Å². The van der Waals surface area contributed by atoms with Gasteiger partial charge in [-0.1, -0.05) is 0 Å². The highest BCUT2D eigenvalue weighted by atomic mass is 127. The summed E-state index contributed by atoms with van der Waals surface area (Å²) in [4.78, 5) is 6.48. The Morgan fingerprint density at radius 1 is 1.43 bits per heavy atom. The zero-order valence-electron chi connectivity index (χ0n) is 12.7. The molecular weight excluding hydrogens is 395 g/mol.